The van der Waals surface area contributed by atoms with Crippen LogP contribution >= 0.6 is 23.2 Å². The SMILES string of the molecule is CC(=O)N1CCC(OC(=O)N(CCCN2CC3CN(C(=O)c4cccc(C(F)(F)F)c4Cl)CC3C2)c2ccc(C)c(Cl)c2)CC1. The van der Waals surface area contributed by atoms with Crippen LogP contribution in [-0.4, -0.2) is 91.1 Å². The van der Waals surface area contributed by atoms with Crippen LogP contribution in [-0.2, 0) is 15.7 Å². The molecular weight excluding hydrogens is 632 g/mol. The number of halogens is 5. The average Bonchev–Trinajstić information content (AvgIpc) is 3.55. The van der Waals surface area contributed by atoms with Crippen molar-refractivity contribution < 1.29 is 32.3 Å². The molecule has 2 atom stereocenters. The lowest BCUT2D eigenvalue weighted by Gasteiger charge is -2.32. The van der Waals surface area contributed by atoms with E-state index < -0.39 is 28.8 Å². The predicted molar refractivity (Wildman–Crippen MR) is 166 cm³/mol. The predicted octanol–water partition coefficient (Wildman–Crippen LogP) is 6.37. The Morgan fingerprint density at radius 1 is 0.978 bits per heavy atom. The Morgan fingerprint density at radius 2 is 1.64 bits per heavy atom. The third-order valence-corrected chi connectivity index (χ3v) is 9.90. The van der Waals surface area contributed by atoms with Crippen LogP contribution in [0.1, 0.15) is 47.7 Å². The Kier molecular flexibility index (Phi) is 10.2. The highest BCUT2D eigenvalue weighted by atomic mass is 35.5. The van der Waals surface area contributed by atoms with Crippen molar-refractivity contribution in [2.24, 2.45) is 11.8 Å². The van der Waals surface area contributed by atoms with Gasteiger partial charge in [-0.15, -0.1) is 0 Å². The van der Waals surface area contributed by atoms with Gasteiger partial charge in [0.05, 0.1) is 16.1 Å². The number of likely N-dealkylation sites (tertiary alicyclic amines) is 3. The molecule has 0 N–H and O–H groups in total. The summed E-state index contributed by atoms with van der Waals surface area (Å²) in [5.41, 5.74) is 0.412. The van der Waals surface area contributed by atoms with Crippen molar-refractivity contribution in [1.29, 1.82) is 0 Å². The van der Waals surface area contributed by atoms with Crippen molar-refractivity contribution in [1.82, 2.24) is 14.7 Å². The fraction of sp³-hybridized carbons (Fsp3) is 0.531. The van der Waals surface area contributed by atoms with Gasteiger partial charge in [0, 0.05) is 76.3 Å². The minimum atomic E-state index is -4.64. The van der Waals surface area contributed by atoms with Crippen LogP contribution in [0.3, 0.4) is 0 Å². The molecule has 0 spiro atoms. The lowest BCUT2D eigenvalue weighted by atomic mass is 10.0. The van der Waals surface area contributed by atoms with Crippen LogP contribution in [0.25, 0.3) is 0 Å². The molecule has 13 heteroatoms. The summed E-state index contributed by atoms with van der Waals surface area (Å²) in [6.07, 6.45) is -3.51. The molecule has 3 aliphatic heterocycles. The molecule has 0 bridgehead atoms. The van der Waals surface area contributed by atoms with Crippen molar-refractivity contribution in [3.8, 4) is 0 Å². The Balaban J connectivity index is 1.15. The monoisotopic (exact) mass is 668 g/mol. The summed E-state index contributed by atoms with van der Waals surface area (Å²) < 4.78 is 45.8. The van der Waals surface area contributed by atoms with Crippen molar-refractivity contribution >= 4 is 46.8 Å². The molecule has 0 saturated carbocycles. The molecule has 3 saturated heterocycles. The molecule has 3 heterocycles. The molecule has 2 aromatic carbocycles. The van der Waals surface area contributed by atoms with E-state index in [9.17, 15) is 27.6 Å². The van der Waals surface area contributed by atoms with Crippen molar-refractivity contribution in [2.75, 3.05) is 57.3 Å². The van der Waals surface area contributed by atoms with Gasteiger partial charge in [0.15, 0.2) is 0 Å². The number of nitrogens with zero attached hydrogens (tertiary/aromatic N) is 4. The summed E-state index contributed by atoms with van der Waals surface area (Å²) in [5, 5.41) is -0.00823. The summed E-state index contributed by atoms with van der Waals surface area (Å²) in [6.45, 7) is 8.08. The number of aryl methyl sites for hydroxylation is 1. The third kappa shape index (κ3) is 7.69. The molecule has 2 unspecified atom stereocenters. The average molecular weight is 670 g/mol. The number of piperidine rings is 1. The quantitative estimate of drug-likeness (QED) is 0.343. The van der Waals surface area contributed by atoms with E-state index in [0.29, 0.717) is 62.7 Å². The lowest BCUT2D eigenvalue weighted by Crippen LogP contribution is -2.43. The van der Waals surface area contributed by atoms with E-state index in [2.05, 4.69) is 4.90 Å². The summed E-state index contributed by atoms with van der Waals surface area (Å²) >= 11 is 12.4. The fourth-order valence-electron chi connectivity index (χ4n) is 6.55. The zero-order valence-corrected chi connectivity index (χ0v) is 26.8. The van der Waals surface area contributed by atoms with Crippen LogP contribution in [0.5, 0.6) is 0 Å². The maximum Gasteiger partial charge on any atom is 0.417 e. The van der Waals surface area contributed by atoms with Crippen LogP contribution in [0.15, 0.2) is 36.4 Å². The first-order valence-corrected chi connectivity index (χ1v) is 15.9. The smallest absolute Gasteiger partial charge is 0.417 e. The van der Waals surface area contributed by atoms with Gasteiger partial charge in [-0.2, -0.15) is 13.2 Å². The van der Waals surface area contributed by atoms with Gasteiger partial charge in [0.2, 0.25) is 5.91 Å². The lowest BCUT2D eigenvalue weighted by molar-refractivity contribution is -0.137. The zero-order valence-electron chi connectivity index (χ0n) is 25.3. The van der Waals surface area contributed by atoms with E-state index in [1.807, 2.05) is 19.1 Å². The van der Waals surface area contributed by atoms with Gasteiger partial charge in [-0.25, -0.2) is 4.79 Å². The molecule has 3 amide bonds. The molecule has 45 heavy (non-hydrogen) atoms. The number of hydrogen-bond acceptors (Lipinski definition) is 5. The number of benzene rings is 2. The molecule has 2 aromatic rings. The first kappa shape index (κ1) is 33.3. The Hall–Kier alpha value is -3.02. The molecule has 0 aliphatic carbocycles. The minimum Gasteiger partial charge on any atom is -0.446 e. The van der Waals surface area contributed by atoms with Crippen LogP contribution < -0.4 is 4.90 Å². The summed E-state index contributed by atoms with van der Waals surface area (Å²) in [4.78, 5) is 45.4. The largest absolute Gasteiger partial charge is 0.446 e. The second-order valence-electron chi connectivity index (χ2n) is 12.2. The number of hydrogen-bond donors (Lipinski definition) is 0. The fourth-order valence-corrected chi connectivity index (χ4v) is 7.04. The van der Waals surface area contributed by atoms with Crippen molar-refractivity contribution in [3.63, 3.8) is 0 Å². The van der Waals surface area contributed by atoms with Crippen LogP contribution in [0, 0.1) is 18.8 Å². The summed E-state index contributed by atoms with van der Waals surface area (Å²) in [5.74, 6) is -0.0566. The second kappa shape index (κ2) is 13.8. The highest BCUT2D eigenvalue weighted by Crippen LogP contribution is 2.38. The number of rotatable bonds is 7. The highest BCUT2D eigenvalue weighted by Gasteiger charge is 2.42. The number of alkyl halides is 3. The van der Waals surface area contributed by atoms with Gasteiger partial charge in [-0.05, 0) is 61.6 Å². The topological polar surface area (TPSA) is 73.4 Å². The van der Waals surface area contributed by atoms with Crippen LogP contribution in [0.2, 0.25) is 10.0 Å². The number of carbonyl (C=O) groups excluding carboxylic acids is 3. The van der Waals surface area contributed by atoms with E-state index in [1.165, 1.54) is 19.1 Å². The first-order valence-electron chi connectivity index (χ1n) is 15.2. The van der Waals surface area contributed by atoms with E-state index in [-0.39, 0.29) is 29.4 Å². The molecule has 8 nitrogen and oxygen atoms in total. The molecule has 0 radical (unpaired) electrons. The minimum absolute atomic E-state index is 0.0150. The molecule has 244 valence electrons. The highest BCUT2D eigenvalue weighted by molar-refractivity contribution is 6.34. The number of carbonyl (C=O) groups is 3. The van der Waals surface area contributed by atoms with E-state index in [4.69, 9.17) is 27.9 Å². The Morgan fingerprint density at radius 3 is 2.24 bits per heavy atom. The van der Waals surface area contributed by atoms with Crippen LogP contribution in [0.4, 0.5) is 23.7 Å². The van der Waals surface area contributed by atoms with Gasteiger partial charge in [-0.1, -0.05) is 35.3 Å². The van der Waals surface area contributed by atoms with Crippen molar-refractivity contribution in [3.05, 3.63) is 63.1 Å². The summed E-state index contributed by atoms with van der Waals surface area (Å²) in [6, 6.07) is 8.91. The normalized spacial score (nSPS) is 20.8. The van der Waals surface area contributed by atoms with E-state index in [0.717, 1.165) is 31.3 Å². The van der Waals surface area contributed by atoms with Crippen molar-refractivity contribution in [2.45, 2.75) is 45.4 Å². The maximum atomic E-state index is 13.4. The molecule has 5 rings (SSSR count). The van der Waals surface area contributed by atoms with Gasteiger partial charge < -0.3 is 19.4 Å². The van der Waals surface area contributed by atoms with Gasteiger partial charge >= 0.3 is 12.3 Å². The maximum absolute atomic E-state index is 13.4. The zero-order chi connectivity index (χ0) is 32.5. The Labute approximate surface area is 271 Å². The number of fused-ring (bicyclic) bond motifs is 1. The van der Waals surface area contributed by atoms with E-state index in [1.54, 1.807) is 20.8 Å². The molecular formula is C32H37Cl2F3N4O4. The second-order valence-corrected chi connectivity index (χ2v) is 13.0. The Bertz CT molecular complexity index is 1420. The number of amides is 3. The van der Waals surface area contributed by atoms with Gasteiger partial charge in [0.25, 0.3) is 5.91 Å². The first-order chi connectivity index (χ1) is 21.3. The number of ether oxygens (including phenoxy) is 1. The summed E-state index contributed by atoms with van der Waals surface area (Å²) in [7, 11) is 0. The molecule has 3 fully saturated rings. The van der Waals surface area contributed by atoms with Gasteiger partial charge in [-0.3, -0.25) is 14.5 Å². The molecule has 3 aliphatic rings. The standard InChI is InChI=1S/C32H37Cl2F3N4O4/c1-20-7-8-24(15-28(20)33)41(31(44)45-25-9-13-39(14-10-25)21(2)42)12-4-11-38-16-22-18-40(19-23(22)17-38)30(43)26-5-3-6-27(29(26)34)32(35,36)37/h3,5-8,15,22-23,25H,4,9-14,16-19H2,1-2H3. The third-order valence-electron chi connectivity index (χ3n) is 9.08. The molecule has 0 aromatic heterocycles. The van der Waals surface area contributed by atoms with E-state index >= 15 is 0 Å². The number of anilines is 1. The van der Waals surface area contributed by atoms with Gasteiger partial charge in [0.1, 0.15) is 6.10 Å².